The van der Waals surface area contributed by atoms with Gasteiger partial charge in [0.25, 0.3) is 5.56 Å². The maximum absolute atomic E-state index is 13.5. The van der Waals surface area contributed by atoms with Gasteiger partial charge in [-0.15, -0.1) is 0 Å². The van der Waals surface area contributed by atoms with Crippen molar-refractivity contribution in [3.63, 3.8) is 0 Å². The molecule has 0 amide bonds. The van der Waals surface area contributed by atoms with Gasteiger partial charge in [0, 0.05) is 12.3 Å². The highest BCUT2D eigenvalue weighted by Gasteiger charge is 2.61. The third kappa shape index (κ3) is 6.11. The smallest absolute Gasteiger partial charge is 0.335 e. The average Bonchev–Trinajstić information content (AvgIpc) is 3.20. The third-order valence-corrected chi connectivity index (χ3v) is 18.6. The first kappa shape index (κ1) is 32.0. The Kier molecular flexibility index (Phi) is 9.96. The number of nitrogens with zero attached hydrogens (tertiary/aromatic N) is 2. The number of ether oxygens (including phenoxy) is 2. The molecule has 1 aromatic heterocycles. The number of fused-ring (bicyclic) bond motifs is 1. The van der Waals surface area contributed by atoms with Gasteiger partial charge >= 0.3 is 22.8 Å². The van der Waals surface area contributed by atoms with Crippen LogP contribution in [0.3, 0.4) is 0 Å². The minimum Gasteiger partial charge on any atom is -0.414 e. The van der Waals surface area contributed by atoms with E-state index >= 15 is 0 Å². The van der Waals surface area contributed by atoms with E-state index in [1.165, 1.54) is 16.8 Å². The molecule has 2 aliphatic rings. The van der Waals surface area contributed by atoms with Crippen LogP contribution >= 0.6 is 0 Å². The summed E-state index contributed by atoms with van der Waals surface area (Å²) in [5.74, 6) is 0. The summed E-state index contributed by atoms with van der Waals surface area (Å²) in [6.45, 7) is 17.2. The summed E-state index contributed by atoms with van der Waals surface area (Å²) in [7, 11) is -5.78. The van der Waals surface area contributed by atoms with Crippen LogP contribution in [0.4, 0.5) is 0 Å². The van der Waals surface area contributed by atoms with Crippen LogP contribution in [-0.2, 0) is 35.8 Å². The molecule has 2 fully saturated rings. The summed E-state index contributed by atoms with van der Waals surface area (Å²) >= 11 is 0. The van der Waals surface area contributed by atoms with Crippen molar-refractivity contribution in [1.82, 2.24) is 9.13 Å². The maximum atomic E-state index is 13.5. The van der Waals surface area contributed by atoms with Crippen molar-refractivity contribution < 1.29 is 27.5 Å². The van der Waals surface area contributed by atoms with Gasteiger partial charge in [0.1, 0.15) is 25.0 Å². The highest BCUT2D eigenvalue weighted by molar-refractivity contribution is 6.84. The number of hydrogen-bond donors (Lipinski definition) is 1. The normalized spacial score (nSPS) is 26.0. The summed E-state index contributed by atoms with van der Waals surface area (Å²) < 4.78 is 35.1. The minimum absolute atomic E-state index is 0.0758. The SMILES string of the molecule is CC(C)[Si]1(C(C)C)OC[C@H]2O[C@@H](n3ccc(=O)n(COCc4ccccc4)c3=O)[C@H](O)[C@@H]2O[Si](C(C)C)(C(C)C)O1. The summed E-state index contributed by atoms with van der Waals surface area (Å²) in [5, 5.41) is 11.6. The number of aliphatic hydroxyl groups excluding tert-OH is 1. The third-order valence-electron chi connectivity index (χ3n) is 8.34. The molecular formula is C29H46N2O8Si2. The van der Waals surface area contributed by atoms with Gasteiger partial charge in [-0.05, 0) is 27.7 Å². The van der Waals surface area contributed by atoms with E-state index in [9.17, 15) is 14.7 Å². The van der Waals surface area contributed by atoms with Crippen LogP contribution in [0.5, 0.6) is 0 Å². The van der Waals surface area contributed by atoms with E-state index in [2.05, 4.69) is 55.4 Å². The van der Waals surface area contributed by atoms with Crippen molar-refractivity contribution in [2.75, 3.05) is 6.61 Å². The lowest BCUT2D eigenvalue weighted by molar-refractivity contribution is -0.0613. The molecule has 0 spiro atoms. The predicted molar refractivity (Wildman–Crippen MR) is 160 cm³/mol. The second-order valence-corrected chi connectivity index (χ2v) is 21.2. The molecule has 2 aliphatic heterocycles. The quantitative estimate of drug-likeness (QED) is 0.419. The molecule has 0 saturated carbocycles. The van der Waals surface area contributed by atoms with E-state index < -0.39 is 52.9 Å². The van der Waals surface area contributed by atoms with E-state index in [4.69, 9.17) is 22.4 Å². The van der Waals surface area contributed by atoms with Crippen LogP contribution in [0.15, 0.2) is 52.2 Å². The van der Waals surface area contributed by atoms with Gasteiger partial charge in [0.05, 0.1) is 13.2 Å². The first-order valence-corrected chi connectivity index (χ1v) is 18.6. The standard InChI is InChI=1S/C29H46N2O8Si2/c1-19(2)40(20(3)4)36-17-24-27(38-41(39-40,21(5)6)22(7)8)26(33)28(37-24)30-15-14-25(32)31(29(30)34)18-35-16-23-12-10-9-11-13-23/h9-15,19-22,24,26-28,33H,16-18H2,1-8H3/t24-,26-,27-,28-/m1/s1. The van der Waals surface area contributed by atoms with Crippen molar-refractivity contribution >= 4 is 17.1 Å². The van der Waals surface area contributed by atoms with E-state index in [1.807, 2.05) is 30.3 Å². The average molecular weight is 607 g/mol. The molecule has 12 heteroatoms. The van der Waals surface area contributed by atoms with Crippen LogP contribution in [-0.4, -0.2) is 56.3 Å². The second-order valence-electron chi connectivity index (χ2n) is 12.3. The van der Waals surface area contributed by atoms with E-state index in [0.29, 0.717) is 0 Å². The van der Waals surface area contributed by atoms with E-state index in [0.717, 1.165) is 10.1 Å². The molecule has 228 valence electrons. The number of benzene rings is 1. The Morgan fingerprint density at radius 1 is 0.927 bits per heavy atom. The molecule has 41 heavy (non-hydrogen) atoms. The Balaban J connectivity index is 1.66. The second kappa shape index (κ2) is 12.8. The van der Waals surface area contributed by atoms with Gasteiger partial charge in [0.15, 0.2) is 6.23 Å². The molecule has 0 unspecified atom stereocenters. The van der Waals surface area contributed by atoms with Crippen LogP contribution in [0, 0.1) is 0 Å². The monoisotopic (exact) mass is 606 g/mol. The van der Waals surface area contributed by atoms with Crippen LogP contribution < -0.4 is 11.2 Å². The van der Waals surface area contributed by atoms with Crippen LogP contribution in [0.25, 0.3) is 0 Å². The fourth-order valence-corrected chi connectivity index (χ4v) is 17.3. The molecule has 1 N–H and O–H groups in total. The largest absolute Gasteiger partial charge is 0.414 e. The van der Waals surface area contributed by atoms with Crippen molar-refractivity contribution in [2.45, 2.75) is 115 Å². The van der Waals surface area contributed by atoms with Crippen molar-refractivity contribution in [1.29, 1.82) is 0 Å². The lowest BCUT2D eigenvalue weighted by Crippen LogP contribution is -2.65. The minimum atomic E-state index is -2.99. The van der Waals surface area contributed by atoms with Gasteiger partial charge in [-0.25, -0.2) is 9.36 Å². The fraction of sp³-hybridized carbons (Fsp3) is 0.655. The summed E-state index contributed by atoms with van der Waals surface area (Å²) in [6.07, 6.45) is -2.27. The molecule has 4 rings (SSSR count). The Bertz CT molecular complexity index is 1260. The predicted octanol–water partition coefficient (Wildman–Crippen LogP) is 4.40. The zero-order chi connectivity index (χ0) is 30.1. The van der Waals surface area contributed by atoms with Crippen molar-refractivity contribution in [3.05, 3.63) is 69.0 Å². The Morgan fingerprint density at radius 3 is 2.12 bits per heavy atom. The Labute approximate surface area is 244 Å². The van der Waals surface area contributed by atoms with E-state index in [1.54, 1.807) is 0 Å². The van der Waals surface area contributed by atoms with Gasteiger partial charge in [-0.2, -0.15) is 0 Å². The number of hydrogen-bond acceptors (Lipinski definition) is 8. The Hall–Kier alpha value is -1.91. The van der Waals surface area contributed by atoms with Crippen molar-refractivity contribution in [3.8, 4) is 0 Å². The van der Waals surface area contributed by atoms with Crippen LogP contribution in [0.2, 0.25) is 22.2 Å². The number of aromatic nitrogens is 2. The Morgan fingerprint density at radius 2 is 1.54 bits per heavy atom. The topological polar surface area (TPSA) is 110 Å². The molecule has 0 aliphatic carbocycles. The summed E-state index contributed by atoms with van der Waals surface area (Å²) in [4.78, 5) is 26.1. The lowest BCUT2D eigenvalue weighted by atomic mass is 10.1. The summed E-state index contributed by atoms with van der Waals surface area (Å²) in [6, 6.07) is 10.8. The first-order valence-electron chi connectivity index (χ1n) is 14.6. The molecule has 0 bridgehead atoms. The summed E-state index contributed by atoms with van der Waals surface area (Å²) in [5.41, 5.74) is 0.269. The molecule has 3 heterocycles. The van der Waals surface area contributed by atoms with Gasteiger partial charge in [-0.3, -0.25) is 9.36 Å². The zero-order valence-corrected chi connectivity index (χ0v) is 27.5. The van der Waals surface area contributed by atoms with Gasteiger partial charge < -0.3 is 27.5 Å². The fourth-order valence-electron chi connectivity index (χ4n) is 6.04. The molecule has 10 nitrogen and oxygen atoms in total. The molecule has 1 aromatic carbocycles. The first-order chi connectivity index (χ1) is 19.3. The number of aliphatic hydroxyl groups is 1. The lowest BCUT2D eigenvalue weighted by Gasteiger charge is -2.51. The van der Waals surface area contributed by atoms with Crippen LogP contribution in [0.1, 0.15) is 67.2 Å². The van der Waals surface area contributed by atoms with Crippen molar-refractivity contribution in [2.24, 2.45) is 0 Å². The molecular weight excluding hydrogens is 560 g/mol. The maximum Gasteiger partial charge on any atom is 0.335 e. The molecule has 4 atom stereocenters. The molecule has 2 aromatic rings. The zero-order valence-electron chi connectivity index (χ0n) is 25.5. The highest BCUT2D eigenvalue weighted by Crippen LogP contribution is 2.48. The molecule has 0 radical (unpaired) electrons. The highest BCUT2D eigenvalue weighted by atomic mass is 28.5. The van der Waals surface area contributed by atoms with Gasteiger partial charge in [-0.1, -0.05) is 85.7 Å². The number of rotatable bonds is 9. The van der Waals surface area contributed by atoms with E-state index in [-0.39, 0.29) is 42.1 Å². The molecule has 2 saturated heterocycles. The van der Waals surface area contributed by atoms with Gasteiger partial charge in [0.2, 0.25) is 0 Å².